The van der Waals surface area contributed by atoms with Crippen LogP contribution in [0.5, 0.6) is 11.5 Å². The molecule has 0 heterocycles. The first-order valence-electron chi connectivity index (χ1n) is 8.59. The molecule has 6 nitrogen and oxygen atoms in total. The van der Waals surface area contributed by atoms with Gasteiger partial charge in [-0.25, -0.2) is 22.1 Å². The number of nitrogens with one attached hydrogen (secondary N) is 1. The van der Waals surface area contributed by atoms with Crippen LogP contribution in [-0.4, -0.2) is 18.1 Å². The zero-order valence-corrected chi connectivity index (χ0v) is 17.1. The molecule has 2 atom stereocenters. The van der Waals surface area contributed by atoms with Crippen LogP contribution in [0.25, 0.3) is 0 Å². The molecule has 1 unspecified atom stereocenters. The van der Waals surface area contributed by atoms with Crippen molar-refractivity contribution in [2.75, 3.05) is 0 Å². The molecule has 2 aromatic carbocycles. The maximum Gasteiger partial charge on any atom is 0.513 e. The Kier molecular flexibility index (Phi) is 7.61. The Hall–Kier alpha value is -2.72. The number of hydrogen-bond acceptors (Lipinski definition) is 5. The zero-order valence-electron chi connectivity index (χ0n) is 16.2. The summed E-state index contributed by atoms with van der Waals surface area (Å²) in [6, 6.07) is 2.16. The lowest BCUT2D eigenvalue weighted by molar-refractivity contribution is -0.149. The van der Waals surface area contributed by atoms with E-state index in [2.05, 4.69) is 4.52 Å². The average Bonchev–Trinajstić information content (AvgIpc) is 2.69. The molecule has 0 aliphatic heterocycles. The van der Waals surface area contributed by atoms with Gasteiger partial charge in [-0.15, -0.1) is 0 Å². The molecule has 0 amide bonds. The van der Waals surface area contributed by atoms with Gasteiger partial charge in [0.25, 0.3) is 0 Å². The summed E-state index contributed by atoms with van der Waals surface area (Å²) in [6.45, 7) is 4.13. The summed E-state index contributed by atoms with van der Waals surface area (Å²) in [4.78, 5) is 12.0. The van der Waals surface area contributed by atoms with Crippen LogP contribution in [0.15, 0.2) is 24.3 Å². The fourth-order valence-electron chi connectivity index (χ4n) is 2.11. The van der Waals surface area contributed by atoms with Gasteiger partial charge in [0.2, 0.25) is 34.8 Å². The molecular formula is C18H16F6NO5P. The van der Waals surface area contributed by atoms with Gasteiger partial charge in [-0.05, 0) is 45.0 Å². The normalized spacial score (nSPS) is 14.1. The summed E-state index contributed by atoms with van der Waals surface area (Å²) in [5.74, 6) is -16.0. The number of ether oxygens (including phenoxy) is 1. The number of carbonyl (C=O) groups excluding carboxylic acids is 1. The summed E-state index contributed by atoms with van der Waals surface area (Å²) >= 11 is 0. The molecule has 0 saturated carbocycles. The molecule has 1 N–H and O–H groups in total. The molecule has 0 bridgehead atoms. The van der Waals surface area contributed by atoms with Gasteiger partial charge >= 0.3 is 13.7 Å². The molecule has 170 valence electrons. The van der Waals surface area contributed by atoms with Gasteiger partial charge in [0.15, 0.2) is 0 Å². The first kappa shape index (κ1) is 24.5. The number of halogens is 6. The van der Waals surface area contributed by atoms with Gasteiger partial charge in [-0.2, -0.15) is 13.9 Å². The summed E-state index contributed by atoms with van der Waals surface area (Å²) < 4.78 is 109. The highest BCUT2D eigenvalue weighted by atomic mass is 31.2. The fraction of sp³-hybridized carbons (Fsp3) is 0.278. The van der Waals surface area contributed by atoms with Gasteiger partial charge in [0.1, 0.15) is 17.6 Å². The lowest BCUT2D eigenvalue weighted by Gasteiger charge is -2.24. The minimum absolute atomic E-state index is 0.370. The zero-order chi connectivity index (χ0) is 23.5. The van der Waals surface area contributed by atoms with Crippen LogP contribution in [0.2, 0.25) is 0 Å². The maximum absolute atomic E-state index is 14.0. The van der Waals surface area contributed by atoms with Crippen molar-refractivity contribution in [2.24, 2.45) is 0 Å². The maximum atomic E-state index is 14.0. The van der Waals surface area contributed by atoms with E-state index in [0.717, 1.165) is 31.2 Å². The minimum Gasteiger partial charge on any atom is -0.462 e. The fourth-order valence-corrected chi connectivity index (χ4v) is 3.64. The van der Waals surface area contributed by atoms with E-state index in [1.807, 2.05) is 5.09 Å². The SMILES string of the molecule is CC(C)OC(=O)[C@H](C)NP(=O)(Oc1ccc(F)cc1)Oc1c(F)c(F)c(F)c(F)c1F. The summed E-state index contributed by atoms with van der Waals surface area (Å²) in [5.41, 5.74) is 0. The second kappa shape index (κ2) is 9.61. The molecular weight excluding hydrogens is 455 g/mol. The van der Waals surface area contributed by atoms with Crippen molar-refractivity contribution in [3.63, 3.8) is 0 Å². The van der Waals surface area contributed by atoms with Crippen molar-refractivity contribution >= 4 is 13.7 Å². The number of esters is 1. The monoisotopic (exact) mass is 471 g/mol. The first-order chi connectivity index (χ1) is 14.3. The lowest BCUT2D eigenvalue weighted by atomic mass is 10.3. The number of carbonyl (C=O) groups is 1. The molecule has 0 aromatic heterocycles. The molecule has 2 aromatic rings. The van der Waals surface area contributed by atoms with Gasteiger partial charge in [0, 0.05) is 0 Å². The number of benzene rings is 2. The third-order valence-corrected chi connectivity index (χ3v) is 5.06. The molecule has 0 fully saturated rings. The minimum atomic E-state index is -5.05. The molecule has 31 heavy (non-hydrogen) atoms. The quantitative estimate of drug-likeness (QED) is 0.192. The second-order valence-corrected chi connectivity index (χ2v) is 7.99. The van der Waals surface area contributed by atoms with Crippen LogP contribution in [0, 0.1) is 34.9 Å². The predicted molar refractivity (Wildman–Crippen MR) is 95.3 cm³/mol. The molecule has 13 heteroatoms. The Balaban J connectivity index is 2.46. The van der Waals surface area contributed by atoms with Crippen molar-refractivity contribution in [3.8, 4) is 11.5 Å². The van der Waals surface area contributed by atoms with Crippen molar-refractivity contribution < 1.29 is 49.5 Å². The Morgan fingerprint density at radius 1 is 0.839 bits per heavy atom. The van der Waals surface area contributed by atoms with Crippen LogP contribution in [0.3, 0.4) is 0 Å². The van der Waals surface area contributed by atoms with Crippen LogP contribution in [-0.2, 0) is 14.1 Å². The Bertz CT molecular complexity index is 988. The molecule has 0 spiro atoms. The highest BCUT2D eigenvalue weighted by Gasteiger charge is 2.38. The molecule has 2 rings (SSSR count). The Morgan fingerprint density at radius 2 is 1.32 bits per heavy atom. The highest BCUT2D eigenvalue weighted by molar-refractivity contribution is 7.52. The summed E-state index contributed by atoms with van der Waals surface area (Å²) in [7, 11) is -5.05. The van der Waals surface area contributed by atoms with Crippen LogP contribution in [0.1, 0.15) is 20.8 Å². The van der Waals surface area contributed by atoms with E-state index in [9.17, 15) is 35.7 Å². The van der Waals surface area contributed by atoms with Gasteiger partial charge in [-0.1, -0.05) is 0 Å². The van der Waals surface area contributed by atoms with Gasteiger partial charge in [-0.3, -0.25) is 4.79 Å². The number of rotatable bonds is 8. The number of hydrogen-bond donors (Lipinski definition) is 1. The highest BCUT2D eigenvalue weighted by Crippen LogP contribution is 2.47. The van der Waals surface area contributed by atoms with E-state index < -0.39 is 66.5 Å². The largest absolute Gasteiger partial charge is 0.513 e. The van der Waals surface area contributed by atoms with E-state index >= 15 is 0 Å². The smallest absolute Gasteiger partial charge is 0.462 e. The summed E-state index contributed by atoms with van der Waals surface area (Å²) in [6.07, 6.45) is -0.592. The van der Waals surface area contributed by atoms with E-state index in [1.165, 1.54) is 13.8 Å². The van der Waals surface area contributed by atoms with E-state index in [4.69, 9.17) is 9.26 Å². The molecule has 0 radical (unpaired) electrons. The van der Waals surface area contributed by atoms with Crippen LogP contribution < -0.4 is 14.1 Å². The summed E-state index contributed by atoms with van der Waals surface area (Å²) in [5, 5.41) is 1.99. The Morgan fingerprint density at radius 3 is 1.81 bits per heavy atom. The van der Waals surface area contributed by atoms with Crippen molar-refractivity contribution in [2.45, 2.75) is 32.9 Å². The third-order valence-electron chi connectivity index (χ3n) is 3.48. The van der Waals surface area contributed by atoms with Gasteiger partial charge < -0.3 is 13.8 Å². The van der Waals surface area contributed by atoms with Crippen molar-refractivity contribution in [1.82, 2.24) is 5.09 Å². The van der Waals surface area contributed by atoms with Crippen molar-refractivity contribution in [3.05, 3.63) is 59.2 Å². The van der Waals surface area contributed by atoms with Crippen molar-refractivity contribution in [1.29, 1.82) is 0 Å². The average molecular weight is 471 g/mol. The first-order valence-corrected chi connectivity index (χ1v) is 10.1. The Labute approximate surface area is 172 Å². The molecule has 0 aliphatic rings. The molecule has 0 saturated heterocycles. The third kappa shape index (κ3) is 5.92. The lowest BCUT2D eigenvalue weighted by Crippen LogP contribution is -2.37. The standard InChI is InChI=1S/C18H16F6NO5P/c1-8(2)28-18(26)9(3)25-31(27,29-11-6-4-10(19)5-7-11)30-17-15(23)13(21)12(20)14(22)16(17)24/h4-9H,1-3H3,(H,25,27)/t9-,31?/m0/s1. The second-order valence-electron chi connectivity index (χ2n) is 6.37. The van der Waals surface area contributed by atoms with Crippen LogP contribution in [0.4, 0.5) is 26.3 Å². The van der Waals surface area contributed by atoms with E-state index in [0.29, 0.717) is 0 Å². The molecule has 0 aliphatic carbocycles. The predicted octanol–water partition coefficient (Wildman–Crippen LogP) is 5.02. The van der Waals surface area contributed by atoms with E-state index in [1.54, 1.807) is 0 Å². The van der Waals surface area contributed by atoms with Crippen LogP contribution >= 0.6 is 7.75 Å². The topological polar surface area (TPSA) is 73.9 Å². The van der Waals surface area contributed by atoms with E-state index in [-0.39, 0.29) is 5.75 Å². The van der Waals surface area contributed by atoms with Gasteiger partial charge in [0.05, 0.1) is 6.10 Å².